The maximum Gasteiger partial charge on any atom is 0.166 e. The van der Waals surface area contributed by atoms with Gasteiger partial charge in [0.1, 0.15) is 0 Å². The first-order chi connectivity index (χ1) is 6.75. The van der Waals surface area contributed by atoms with E-state index in [-0.39, 0.29) is 0 Å². The normalized spacial score (nSPS) is 11.1. The highest BCUT2D eigenvalue weighted by Crippen LogP contribution is 2.12. The Bertz CT molecular complexity index is 321. The fraction of sp³-hybridized carbons (Fsp3) is 0.273. The van der Waals surface area contributed by atoms with Crippen molar-refractivity contribution in [3.63, 3.8) is 0 Å². The van der Waals surface area contributed by atoms with E-state index in [2.05, 4.69) is 5.32 Å². The van der Waals surface area contributed by atoms with Crippen LogP contribution in [0.1, 0.15) is 12.0 Å². The summed E-state index contributed by atoms with van der Waals surface area (Å²) in [4.78, 5) is 0. The Morgan fingerprint density at radius 2 is 2.14 bits per heavy atom. The smallest absolute Gasteiger partial charge is 0.166 e. The molecule has 1 N–H and O–H groups in total. The minimum atomic E-state index is -0.805. The lowest BCUT2D eigenvalue weighted by atomic mass is 10.2. The lowest BCUT2D eigenvalue weighted by Gasteiger charge is -1.97. The summed E-state index contributed by atoms with van der Waals surface area (Å²) >= 11 is 0. The first kappa shape index (κ1) is 10.9. The quantitative estimate of drug-likeness (QED) is 0.731. The molecule has 0 aliphatic rings. The number of halogens is 2. The molecule has 0 spiro atoms. The van der Waals surface area contributed by atoms with Crippen LogP contribution in [0.25, 0.3) is 6.08 Å². The van der Waals surface area contributed by atoms with Gasteiger partial charge in [0.2, 0.25) is 0 Å². The zero-order valence-corrected chi connectivity index (χ0v) is 8.06. The van der Waals surface area contributed by atoms with Crippen molar-refractivity contribution in [1.82, 2.24) is 5.32 Å². The minimum absolute atomic E-state index is 0.293. The molecule has 1 rings (SSSR count). The van der Waals surface area contributed by atoms with Crippen LogP contribution in [0, 0.1) is 11.6 Å². The summed E-state index contributed by atoms with van der Waals surface area (Å²) in [6, 6.07) is 4.16. The first-order valence-electron chi connectivity index (χ1n) is 4.51. The molecule has 0 bridgehead atoms. The van der Waals surface area contributed by atoms with Crippen LogP contribution in [0.2, 0.25) is 0 Å². The zero-order chi connectivity index (χ0) is 10.4. The van der Waals surface area contributed by atoms with E-state index in [1.165, 1.54) is 6.07 Å². The largest absolute Gasteiger partial charge is 0.319 e. The van der Waals surface area contributed by atoms with Gasteiger partial charge in [-0.1, -0.05) is 24.3 Å². The van der Waals surface area contributed by atoms with Crippen molar-refractivity contribution in [3.8, 4) is 0 Å². The van der Waals surface area contributed by atoms with Gasteiger partial charge in [-0.25, -0.2) is 8.78 Å². The van der Waals surface area contributed by atoms with Crippen LogP contribution in [0.15, 0.2) is 24.3 Å². The molecule has 0 aromatic heterocycles. The average Bonchev–Trinajstić information content (AvgIpc) is 2.19. The summed E-state index contributed by atoms with van der Waals surface area (Å²) < 4.78 is 25.8. The van der Waals surface area contributed by atoms with Gasteiger partial charge in [0.15, 0.2) is 11.6 Å². The van der Waals surface area contributed by atoms with Crippen molar-refractivity contribution in [1.29, 1.82) is 0 Å². The third kappa shape index (κ3) is 2.92. The van der Waals surface area contributed by atoms with Crippen LogP contribution >= 0.6 is 0 Å². The van der Waals surface area contributed by atoms with Gasteiger partial charge in [0, 0.05) is 5.56 Å². The van der Waals surface area contributed by atoms with Gasteiger partial charge in [-0.3, -0.25) is 0 Å². The Labute approximate surface area is 82.4 Å². The zero-order valence-electron chi connectivity index (χ0n) is 8.06. The Morgan fingerprint density at radius 3 is 2.86 bits per heavy atom. The summed E-state index contributed by atoms with van der Waals surface area (Å²) in [5, 5.41) is 2.96. The highest BCUT2D eigenvalue weighted by atomic mass is 19.2. The summed E-state index contributed by atoms with van der Waals surface area (Å²) in [5.41, 5.74) is 0.293. The molecular weight excluding hydrogens is 184 g/mol. The molecule has 0 fully saturated rings. The van der Waals surface area contributed by atoms with Gasteiger partial charge in [-0.05, 0) is 26.1 Å². The van der Waals surface area contributed by atoms with E-state index in [1.807, 2.05) is 13.1 Å². The van der Waals surface area contributed by atoms with Crippen LogP contribution in [0.5, 0.6) is 0 Å². The van der Waals surface area contributed by atoms with Crippen molar-refractivity contribution in [2.45, 2.75) is 6.42 Å². The first-order valence-corrected chi connectivity index (χ1v) is 4.51. The lowest BCUT2D eigenvalue weighted by Crippen LogP contribution is -2.05. The highest BCUT2D eigenvalue weighted by molar-refractivity contribution is 5.49. The van der Waals surface area contributed by atoms with Crippen LogP contribution in [0.4, 0.5) is 8.78 Å². The van der Waals surface area contributed by atoms with Crippen LogP contribution < -0.4 is 5.32 Å². The van der Waals surface area contributed by atoms with Gasteiger partial charge in [0.05, 0.1) is 0 Å². The SMILES string of the molecule is CNCCC=Cc1cccc(F)c1F. The van der Waals surface area contributed by atoms with E-state index in [0.29, 0.717) is 5.56 Å². The maximum absolute atomic E-state index is 13.1. The van der Waals surface area contributed by atoms with Crippen molar-refractivity contribution in [2.75, 3.05) is 13.6 Å². The lowest BCUT2D eigenvalue weighted by molar-refractivity contribution is 0.507. The maximum atomic E-state index is 13.1. The molecule has 0 saturated carbocycles. The van der Waals surface area contributed by atoms with Gasteiger partial charge >= 0.3 is 0 Å². The van der Waals surface area contributed by atoms with Crippen molar-refractivity contribution in [2.24, 2.45) is 0 Å². The molecule has 1 nitrogen and oxygen atoms in total. The van der Waals surface area contributed by atoms with Crippen LogP contribution in [0.3, 0.4) is 0 Å². The molecule has 0 amide bonds. The Kier molecular flexibility index (Phi) is 4.26. The molecule has 0 aliphatic heterocycles. The summed E-state index contributed by atoms with van der Waals surface area (Å²) in [5.74, 6) is -1.59. The van der Waals surface area contributed by atoms with Gasteiger partial charge < -0.3 is 5.32 Å². The molecule has 0 aliphatic carbocycles. The van der Waals surface area contributed by atoms with E-state index in [9.17, 15) is 8.78 Å². The molecule has 0 unspecified atom stereocenters. The molecule has 76 valence electrons. The van der Waals surface area contributed by atoms with E-state index in [0.717, 1.165) is 19.0 Å². The van der Waals surface area contributed by atoms with Crippen molar-refractivity contribution < 1.29 is 8.78 Å². The van der Waals surface area contributed by atoms with Gasteiger partial charge in [-0.2, -0.15) is 0 Å². The Hall–Kier alpha value is -1.22. The summed E-state index contributed by atoms with van der Waals surface area (Å²) in [7, 11) is 1.84. The highest BCUT2D eigenvalue weighted by Gasteiger charge is 2.03. The molecule has 0 atom stereocenters. The van der Waals surface area contributed by atoms with Crippen LogP contribution in [-0.4, -0.2) is 13.6 Å². The molecule has 3 heteroatoms. The Balaban J connectivity index is 2.67. The van der Waals surface area contributed by atoms with E-state index >= 15 is 0 Å². The average molecular weight is 197 g/mol. The molecule has 14 heavy (non-hydrogen) atoms. The standard InChI is InChI=1S/C11H13F2N/c1-14-8-3-2-5-9-6-4-7-10(12)11(9)13/h2,4-7,14H,3,8H2,1H3. The molecule has 0 heterocycles. The second-order valence-corrected chi connectivity index (χ2v) is 2.94. The molecule has 1 aromatic rings. The van der Waals surface area contributed by atoms with Crippen LogP contribution in [-0.2, 0) is 0 Å². The third-order valence-electron chi connectivity index (χ3n) is 1.84. The van der Waals surface area contributed by atoms with E-state index < -0.39 is 11.6 Å². The minimum Gasteiger partial charge on any atom is -0.319 e. The number of nitrogens with one attached hydrogen (secondary N) is 1. The van der Waals surface area contributed by atoms with E-state index in [1.54, 1.807) is 12.1 Å². The molecule has 1 aromatic carbocycles. The topological polar surface area (TPSA) is 12.0 Å². The third-order valence-corrected chi connectivity index (χ3v) is 1.84. The predicted octanol–water partition coefficient (Wildman–Crippen LogP) is 2.59. The predicted molar refractivity (Wildman–Crippen MR) is 53.9 cm³/mol. The number of benzene rings is 1. The molecule has 0 radical (unpaired) electrons. The van der Waals surface area contributed by atoms with Gasteiger partial charge in [-0.15, -0.1) is 0 Å². The fourth-order valence-electron chi connectivity index (χ4n) is 1.09. The van der Waals surface area contributed by atoms with E-state index in [4.69, 9.17) is 0 Å². The summed E-state index contributed by atoms with van der Waals surface area (Å²) in [6.45, 7) is 0.827. The number of hydrogen-bond donors (Lipinski definition) is 1. The second-order valence-electron chi connectivity index (χ2n) is 2.94. The summed E-state index contributed by atoms with van der Waals surface area (Å²) in [6.07, 6.45) is 4.20. The van der Waals surface area contributed by atoms with Gasteiger partial charge in [0.25, 0.3) is 0 Å². The second kappa shape index (κ2) is 5.50. The number of rotatable bonds is 4. The molecular formula is C11H13F2N. The monoisotopic (exact) mass is 197 g/mol. The van der Waals surface area contributed by atoms with Crippen molar-refractivity contribution in [3.05, 3.63) is 41.5 Å². The van der Waals surface area contributed by atoms with Crippen molar-refractivity contribution >= 4 is 6.08 Å². The Morgan fingerprint density at radius 1 is 1.36 bits per heavy atom. The fourth-order valence-corrected chi connectivity index (χ4v) is 1.09. The molecule has 0 saturated heterocycles. The number of hydrogen-bond acceptors (Lipinski definition) is 1.